The lowest BCUT2D eigenvalue weighted by molar-refractivity contribution is -0.206. The number of hydrogen-bond acceptors (Lipinski definition) is 6. The van der Waals surface area contributed by atoms with E-state index in [9.17, 15) is 19.2 Å². The number of esters is 2. The predicted molar refractivity (Wildman–Crippen MR) is 113 cm³/mol. The quantitative estimate of drug-likeness (QED) is 0.616. The Morgan fingerprint density at radius 2 is 1.88 bits per heavy atom. The van der Waals surface area contributed by atoms with Gasteiger partial charge in [-0.2, -0.15) is 0 Å². The molecular weight excluding hydrogens is 415 g/mol. The lowest BCUT2D eigenvalue weighted by atomic mass is 9.45. The summed E-state index contributed by atoms with van der Waals surface area (Å²) in [5.74, 6) is -2.23. The number of carbonyl (C=O) groups excluding carboxylic acids is 4. The van der Waals surface area contributed by atoms with Gasteiger partial charge in [-0.25, -0.2) is 4.39 Å². The fraction of sp³-hybridized carbons (Fsp3) is 0.600. The second-order valence-corrected chi connectivity index (χ2v) is 9.90. The van der Waals surface area contributed by atoms with Crippen LogP contribution in [-0.2, 0) is 28.7 Å². The summed E-state index contributed by atoms with van der Waals surface area (Å²) in [5.41, 5.74) is -2.45. The molecule has 0 N–H and O–H groups in total. The molecule has 0 spiro atoms. The van der Waals surface area contributed by atoms with Gasteiger partial charge in [0, 0.05) is 36.2 Å². The number of allylic oxidation sites excluding steroid dienone is 5. The highest BCUT2D eigenvalue weighted by Crippen LogP contribution is 2.68. The second-order valence-electron chi connectivity index (χ2n) is 9.90. The summed E-state index contributed by atoms with van der Waals surface area (Å²) in [6.45, 7) is 5.84. The number of hydrogen-bond donors (Lipinski definition) is 0. The maximum Gasteiger partial charge on any atom is 0.303 e. The lowest BCUT2D eigenvalue weighted by Gasteiger charge is -2.62. The molecule has 0 unspecified atom stereocenters. The molecule has 2 saturated carbocycles. The highest BCUT2D eigenvalue weighted by Gasteiger charge is 2.71. The fourth-order valence-corrected chi connectivity index (χ4v) is 6.75. The Morgan fingerprint density at radius 3 is 2.53 bits per heavy atom. The summed E-state index contributed by atoms with van der Waals surface area (Å²) in [6, 6.07) is 0. The summed E-state index contributed by atoms with van der Waals surface area (Å²) in [7, 11) is 0. The molecule has 0 aromatic carbocycles. The summed E-state index contributed by atoms with van der Waals surface area (Å²) in [4.78, 5) is 48.1. The zero-order chi connectivity index (χ0) is 23.5. The van der Waals surface area contributed by atoms with Crippen LogP contribution in [0.4, 0.5) is 4.39 Å². The van der Waals surface area contributed by atoms with Gasteiger partial charge in [0.15, 0.2) is 23.8 Å². The van der Waals surface area contributed by atoms with Crippen molar-refractivity contribution in [2.75, 3.05) is 6.61 Å². The lowest BCUT2D eigenvalue weighted by Crippen LogP contribution is -2.67. The van der Waals surface area contributed by atoms with Crippen LogP contribution in [0.15, 0.2) is 35.5 Å². The molecule has 0 amide bonds. The molecule has 2 fully saturated rings. The predicted octanol–water partition coefficient (Wildman–Crippen LogP) is 3.60. The highest BCUT2D eigenvalue weighted by molar-refractivity contribution is 6.01. The van der Waals surface area contributed by atoms with Gasteiger partial charge in [-0.3, -0.25) is 19.2 Å². The average molecular weight is 444 g/mol. The van der Waals surface area contributed by atoms with E-state index in [-0.39, 0.29) is 30.5 Å². The Hall–Kier alpha value is -2.57. The summed E-state index contributed by atoms with van der Waals surface area (Å²) in [6.07, 6.45) is 7.03. The van der Waals surface area contributed by atoms with Gasteiger partial charge in [0.05, 0.1) is 0 Å². The summed E-state index contributed by atoms with van der Waals surface area (Å²) in [5, 5.41) is 0. The van der Waals surface area contributed by atoms with Gasteiger partial charge >= 0.3 is 11.9 Å². The number of halogens is 1. The molecule has 0 aromatic heterocycles. The standard InChI is InChI=1S/C25H29FO6/c1-14(27)31-13-21(30)20-8-7-18-19-6-5-16-11-17(29)9-10-24(16,4)25(19,26)22(32-15(2)28)12-23(18,20)3/h8-11,18-19,22H,5-7,12-13H2,1-4H3/t18-,19+,22-,23+,24-,25+/m0/s1. The number of ketones is 2. The van der Waals surface area contributed by atoms with Crippen LogP contribution < -0.4 is 0 Å². The van der Waals surface area contributed by atoms with E-state index in [0.717, 1.165) is 5.57 Å². The maximum absolute atomic E-state index is 17.4. The van der Waals surface area contributed by atoms with Crippen molar-refractivity contribution in [2.24, 2.45) is 22.7 Å². The first-order valence-corrected chi connectivity index (χ1v) is 11.1. The largest absolute Gasteiger partial charge is 0.459 e. The molecule has 0 bridgehead atoms. The maximum atomic E-state index is 17.4. The van der Waals surface area contributed by atoms with E-state index in [1.54, 1.807) is 13.0 Å². The van der Waals surface area contributed by atoms with Gasteiger partial charge in [0.25, 0.3) is 0 Å². The molecule has 7 heteroatoms. The van der Waals surface area contributed by atoms with E-state index in [1.807, 2.05) is 13.0 Å². The van der Waals surface area contributed by atoms with Crippen LogP contribution in [0.5, 0.6) is 0 Å². The molecule has 0 aliphatic heterocycles. The third-order valence-corrected chi connectivity index (χ3v) is 8.21. The molecule has 0 aromatic rings. The number of fused-ring (bicyclic) bond motifs is 5. The zero-order valence-electron chi connectivity index (χ0n) is 18.9. The summed E-state index contributed by atoms with van der Waals surface area (Å²) < 4.78 is 28.0. The molecule has 32 heavy (non-hydrogen) atoms. The first kappa shape index (κ1) is 22.6. The van der Waals surface area contributed by atoms with Crippen LogP contribution in [0.25, 0.3) is 0 Å². The van der Waals surface area contributed by atoms with Gasteiger partial charge in [-0.1, -0.05) is 24.6 Å². The Kier molecular flexibility index (Phi) is 5.30. The van der Waals surface area contributed by atoms with Crippen molar-refractivity contribution in [3.05, 3.63) is 35.5 Å². The Labute approximate surface area is 186 Å². The van der Waals surface area contributed by atoms with E-state index in [1.165, 1.54) is 26.0 Å². The third kappa shape index (κ3) is 3.11. The van der Waals surface area contributed by atoms with Gasteiger partial charge in [0.2, 0.25) is 0 Å². The van der Waals surface area contributed by atoms with Gasteiger partial charge in [-0.05, 0) is 50.7 Å². The summed E-state index contributed by atoms with van der Waals surface area (Å²) >= 11 is 0. The van der Waals surface area contributed by atoms with Crippen molar-refractivity contribution in [2.45, 2.75) is 65.2 Å². The van der Waals surface area contributed by atoms with E-state index < -0.39 is 40.5 Å². The van der Waals surface area contributed by atoms with Crippen molar-refractivity contribution in [3.8, 4) is 0 Å². The van der Waals surface area contributed by atoms with Crippen LogP contribution in [0, 0.1) is 22.7 Å². The minimum atomic E-state index is -1.91. The van der Waals surface area contributed by atoms with Crippen LogP contribution in [-0.4, -0.2) is 41.9 Å². The molecule has 172 valence electrons. The van der Waals surface area contributed by atoms with E-state index >= 15 is 4.39 Å². The zero-order valence-corrected chi connectivity index (χ0v) is 18.9. The number of alkyl halides is 1. The number of carbonyl (C=O) groups is 4. The van der Waals surface area contributed by atoms with Crippen molar-refractivity contribution in [1.82, 2.24) is 0 Å². The number of ether oxygens (including phenoxy) is 2. The topological polar surface area (TPSA) is 86.7 Å². The second kappa shape index (κ2) is 7.49. The molecule has 6 nitrogen and oxygen atoms in total. The minimum absolute atomic E-state index is 0.145. The monoisotopic (exact) mass is 444 g/mol. The van der Waals surface area contributed by atoms with Crippen LogP contribution in [0.3, 0.4) is 0 Å². The SMILES string of the molecule is CC(=O)OCC(=O)C1=CC[C@H]2[C@H]3CCC4=CC(=O)C=C[C@]4(C)[C@]3(F)[C@@H](OC(C)=O)C[C@@]12C. The Bertz CT molecular complexity index is 992. The van der Waals surface area contributed by atoms with Crippen molar-refractivity contribution in [1.29, 1.82) is 0 Å². The van der Waals surface area contributed by atoms with Gasteiger partial charge < -0.3 is 9.47 Å². The Morgan fingerprint density at radius 1 is 1.16 bits per heavy atom. The molecule has 4 rings (SSSR count). The van der Waals surface area contributed by atoms with Crippen molar-refractivity contribution < 1.29 is 33.0 Å². The Balaban J connectivity index is 1.76. The van der Waals surface area contributed by atoms with Crippen LogP contribution in [0.1, 0.15) is 53.4 Å². The van der Waals surface area contributed by atoms with Crippen LogP contribution in [0.2, 0.25) is 0 Å². The van der Waals surface area contributed by atoms with E-state index in [2.05, 4.69) is 0 Å². The average Bonchev–Trinajstić information content (AvgIpc) is 3.04. The molecule has 0 radical (unpaired) electrons. The molecule has 4 aliphatic rings. The number of Topliss-reactive ketones (excluding diaryl/α,β-unsaturated/α-hetero) is 1. The molecule has 4 aliphatic carbocycles. The minimum Gasteiger partial charge on any atom is -0.459 e. The fourth-order valence-electron chi connectivity index (χ4n) is 6.75. The number of rotatable bonds is 4. The normalized spacial score (nSPS) is 39.8. The molecular formula is C25H29FO6. The van der Waals surface area contributed by atoms with Gasteiger partial charge in [-0.15, -0.1) is 0 Å². The first-order chi connectivity index (χ1) is 14.9. The van der Waals surface area contributed by atoms with Crippen LogP contribution >= 0.6 is 0 Å². The van der Waals surface area contributed by atoms with Gasteiger partial charge in [0.1, 0.15) is 6.10 Å². The molecule has 0 saturated heterocycles. The third-order valence-electron chi connectivity index (χ3n) is 8.21. The smallest absolute Gasteiger partial charge is 0.303 e. The van der Waals surface area contributed by atoms with E-state index in [4.69, 9.17) is 9.47 Å². The van der Waals surface area contributed by atoms with Crippen molar-refractivity contribution >= 4 is 23.5 Å². The van der Waals surface area contributed by atoms with E-state index in [0.29, 0.717) is 24.8 Å². The highest BCUT2D eigenvalue weighted by atomic mass is 19.1. The molecule has 0 heterocycles. The first-order valence-electron chi connectivity index (χ1n) is 11.1. The van der Waals surface area contributed by atoms with Crippen molar-refractivity contribution in [3.63, 3.8) is 0 Å². The molecule has 6 atom stereocenters.